The maximum absolute atomic E-state index is 11.3. The van der Waals surface area contributed by atoms with Gasteiger partial charge < -0.3 is 9.64 Å². The van der Waals surface area contributed by atoms with Crippen LogP contribution in [0.3, 0.4) is 0 Å². The van der Waals surface area contributed by atoms with Gasteiger partial charge in [-0.05, 0) is 38.8 Å². The summed E-state index contributed by atoms with van der Waals surface area (Å²) in [6.07, 6.45) is 4.55. The van der Waals surface area contributed by atoms with Gasteiger partial charge in [0.2, 0.25) is 0 Å². The van der Waals surface area contributed by atoms with Crippen LogP contribution in [-0.2, 0) is 9.53 Å². The smallest absolute Gasteiger partial charge is 0.306 e. The molecular weight excluding hydrogens is 190 g/mol. The molecule has 0 radical (unpaired) electrons. The average Bonchev–Trinajstić information content (AvgIpc) is 2.19. The van der Waals surface area contributed by atoms with Gasteiger partial charge in [-0.1, -0.05) is 13.3 Å². The number of esters is 1. The second kappa shape index (κ2) is 6.83. The van der Waals surface area contributed by atoms with E-state index in [9.17, 15) is 4.79 Å². The Kier molecular flexibility index (Phi) is 5.69. The number of hydrogen-bond donors (Lipinski definition) is 0. The molecule has 1 unspecified atom stereocenters. The third-order valence-electron chi connectivity index (χ3n) is 2.84. The molecule has 0 aliphatic carbocycles. The van der Waals surface area contributed by atoms with Crippen LogP contribution in [0.2, 0.25) is 0 Å². The molecule has 88 valence electrons. The van der Waals surface area contributed by atoms with Crippen LogP contribution in [0.25, 0.3) is 0 Å². The molecule has 1 aliphatic heterocycles. The summed E-state index contributed by atoms with van der Waals surface area (Å²) in [4.78, 5) is 13.7. The minimum absolute atomic E-state index is 0.0537. The first-order valence-corrected chi connectivity index (χ1v) is 6.10. The molecule has 0 aromatic rings. The van der Waals surface area contributed by atoms with Crippen LogP contribution in [0.4, 0.5) is 0 Å². The van der Waals surface area contributed by atoms with Crippen molar-refractivity contribution in [3.8, 4) is 0 Å². The second-order valence-corrected chi connectivity index (χ2v) is 4.48. The topological polar surface area (TPSA) is 29.5 Å². The van der Waals surface area contributed by atoms with E-state index in [-0.39, 0.29) is 5.97 Å². The predicted molar refractivity (Wildman–Crippen MR) is 60.7 cm³/mol. The van der Waals surface area contributed by atoms with E-state index in [2.05, 4.69) is 11.8 Å². The van der Waals surface area contributed by atoms with Crippen LogP contribution in [0.1, 0.15) is 39.5 Å². The molecule has 1 rings (SSSR count). The van der Waals surface area contributed by atoms with Crippen LogP contribution < -0.4 is 0 Å². The Morgan fingerprint density at radius 2 is 2.00 bits per heavy atom. The number of likely N-dealkylation sites (tertiary alicyclic amines) is 1. The Morgan fingerprint density at radius 3 is 2.60 bits per heavy atom. The summed E-state index contributed by atoms with van der Waals surface area (Å²) in [5, 5.41) is 0. The number of carbonyl (C=O) groups is 1. The lowest BCUT2D eigenvalue weighted by atomic mass is 10.1. The molecule has 0 saturated carbocycles. The van der Waals surface area contributed by atoms with Crippen LogP contribution >= 0.6 is 0 Å². The molecule has 15 heavy (non-hydrogen) atoms. The van der Waals surface area contributed by atoms with E-state index in [1.165, 1.54) is 32.4 Å². The third-order valence-corrected chi connectivity index (χ3v) is 2.84. The lowest BCUT2D eigenvalue weighted by molar-refractivity contribution is -0.144. The van der Waals surface area contributed by atoms with E-state index >= 15 is 0 Å². The zero-order chi connectivity index (χ0) is 11.1. The summed E-state index contributed by atoms with van der Waals surface area (Å²) >= 11 is 0. The number of hydrogen-bond acceptors (Lipinski definition) is 3. The van der Waals surface area contributed by atoms with Crippen LogP contribution in [0.5, 0.6) is 0 Å². The Morgan fingerprint density at radius 1 is 1.33 bits per heavy atom. The maximum atomic E-state index is 11.3. The van der Waals surface area contributed by atoms with Crippen molar-refractivity contribution in [1.29, 1.82) is 0 Å². The van der Waals surface area contributed by atoms with Crippen molar-refractivity contribution >= 4 is 5.97 Å². The van der Waals surface area contributed by atoms with Crippen molar-refractivity contribution in [3.63, 3.8) is 0 Å². The molecule has 0 spiro atoms. The largest absolute Gasteiger partial charge is 0.466 e. The van der Waals surface area contributed by atoms with Gasteiger partial charge in [0.05, 0.1) is 6.61 Å². The lowest BCUT2D eigenvalue weighted by Crippen LogP contribution is -2.34. The summed E-state index contributed by atoms with van der Waals surface area (Å²) in [7, 11) is 0. The molecule has 1 heterocycles. The molecule has 3 nitrogen and oxygen atoms in total. The van der Waals surface area contributed by atoms with E-state index in [4.69, 9.17) is 4.74 Å². The molecule has 0 N–H and O–H groups in total. The number of ether oxygens (including phenoxy) is 1. The van der Waals surface area contributed by atoms with Gasteiger partial charge >= 0.3 is 5.97 Å². The fourth-order valence-electron chi connectivity index (χ4n) is 2.15. The van der Waals surface area contributed by atoms with E-state index < -0.39 is 0 Å². The van der Waals surface area contributed by atoms with Gasteiger partial charge in [-0.25, -0.2) is 0 Å². The summed E-state index contributed by atoms with van der Waals surface area (Å²) in [5.41, 5.74) is 0. The van der Waals surface area contributed by atoms with Gasteiger partial charge in [-0.3, -0.25) is 4.79 Å². The fourth-order valence-corrected chi connectivity index (χ4v) is 2.15. The van der Waals surface area contributed by atoms with Crippen molar-refractivity contribution in [2.75, 3.05) is 26.2 Å². The Labute approximate surface area is 92.8 Å². The van der Waals surface area contributed by atoms with Crippen molar-refractivity contribution in [1.82, 2.24) is 4.90 Å². The number of piperidine rings is 1. The van der Waals surface area contributed by atoms with Gasteiger partial charge in [-0.2, -0.15) is 0 Å². The normalized spacial score (nSPS) is 19.9. The molecule has 1 saturated heterocycles. The van der Waals surface area contributed by atoms with Gasteiger partial charge in [0, 0.05) is 13.0 Å². The molecule has 0 bridgehead atoms. The Bertz CT molecular complexity index is 188. The first-order chi connectivity index (χ1) is 7.22. The molecule has 3 heteroatoms. The van der Waals surface area contributed by atoms with Crippen molar-refractivity contribution < 1.29 is 9.53 Å². The Balaban J connectivity index is 2.16. The summed E-state index contributed by atoms with van der Waals surface area (Å²) in [5.74, 6) is 0.365. The Hall–Kier alpha value is -0.570. The molecule has 1 atom stereocenters. The first kappa shape index (κ1) is 12.5. The summed E-state index contributed by atoms with van der Waals surface area (Å²) in [6.45, 7) is 7.92. The highest BCUT2D eigenvalue weighted by Crippen LogP contribution is 2.13. The molecule has 1 aliphatic rings. The van der Waals surface area contributed by atoms with E-state index in [0.717, 1.165) is 6.54 Å². The maximum Gasteiger partial charge on any atom is 0.306 e. The minimum atomic E-state index is -0.0537. The zero-order valence-corrected chi connectivity index (χ0v) is 10.00. The SMILES string of the molecule is CCOC(=O)CC(C)CN1CCCCC1. The molecule has 0 aromatic carbocycles. The number of rotatable bonds is 5. The second-order valence-electron chi connectivity index (χ2n) is 4.48. The molecule has 0 aromatic heterocycles. The zero-order valence-electron chi connectivity index (χ0n) is 10.00. The first-order valence-electron chi connectivity index (χ1n) is 6.10. The summed E-state index contributed by atoms with van der Waals surface area (Å²) in [6, 6.07) is 0. The van der Waals surface area contributed by atoms with Gasteiger partial charge in [0.25, 0.3) is 0 Å². The predicted octanol–water partition coefficient (Wildman–Crippen LogP) is 2.06. The van der Waals surface area contributed by atoms with Crippen LogP contribution in [-0.4, -0.2) is 37.1 Å². The number of carbonyl (C=O) groups excluding carboxylic acids is 1. The molecule has 0 amide bonds. The van der Waals surface area contributed by atoms with Crippen molar-refractivity contribution in [2.24, 2.45) is 5.92 Å². The highest BCUT2D eigenvalue weighted by Gasteiger charge is 2.16. The summed E-state index contributed by atoms with van der Waals surface area (Å²) < 4.78 is 4.94. The highest BCUT2D eigenvalue weighted by molar-refractivity contribution is 5.69. The van der Waals surface area contributed by atoms with E-state index in [1.54, 1.807) is 0 Å². The van der Waals surface area contributed by atoms with E-state index in [1.807, 2.05) is 6.92 Å². The molecular formula is C12H23NO2. The van der Waals surface area contributed by atoms with Gasteiger partial charge in [-0.15, -0.1) is 0 Å². The number of nitrogens with zero attached hydrogens (tertiary/aromatic N) is 1. The van der Waals surface area contributed by atoms with Crippen molar-refractivity contribution in [2.45, 2.75) is 39.5 Å². The fraction of sp³-hybridized carbons (Fsp3) is 0.917. The van der Waals surface area contributed by atoms with Crippen LogP contribution in [0, 0.1) is 5.92 Å². The van der Waals surface area contributed by atoms with Gasteiger partial charge in [0.1, 0.15) is 0 Å². The van der Waals surface area contributed by atoms with E-state index in [0.29, 0.717) is 18.9 Å². The standard InChI is InChI=1S/C12H23NO2/c1-3-15-12(14)9-11(2)10-13-7-5-4-6-8-13/h11H,3-10H2,1-2H3. The van der Waals surface area contributed by atoms with Crippen LogP contribution in [0.15, 0.2) is 0 Å². The molecule has 1 fully saturated rings. The minimum Gasteiger partial charge on any atom is -0.466 e. The van der Waals surface area contributed by atoms with Crippen molar-refractivity contribution in [3.05, 3.63) is 0 Å². The monoisotopic (exact) mass is 213 g/mol. The third kappa shape index (κ3) is 5.17. The average molecular weight is 213 g/mol. The quantitative estimate of drug-likeness (QED) is 0.655. The lowest BCUT2D eigenvalue weighted by Gasteiger charge is -2.28. The highest BCUT2D eigenvalue weighted by atomic mass is 16.5. The van der Waals surface area contributed by atoms with Gasteiger partial charge in [0.15, 0.2) is 0 Å².